The van der Waals surface area contributed by atoms with Crippen LogP contribution in [0.1, 0.15) is 36.3 Å². The quantitative estimate of drug-likeness (QED) is 0.859. The van der Waals surface area contributed by atoms with Gasteiger partial charge >= 0.3 is 0 Å². The first-order valence-corrected chi connectivity index (χ1v) is 7.15. The number of rotatable bonds is 3. The molecule has 2 aromatic rings. The van der Waals surface area contributed by atoms with E-state index in [1.807, 2.05) is 29.2 Å². The van der Waals surface area contributed by atoms with Crippen molar-refractivity contribution in [3.8, 4) is 0 Å². The van der Waals surface area contributed by atoms with Gasteiger partial charge in [-0.15, -0.1) is 0 Å². The second-order valence-electron chi connectivity index (χ2n) is 5.30. The summed E-state index contributed by atoms with van der Waals surface area (Å²) in [5.74, 6) is 0.0494. The Balaban J connectivity index is 1.96. The molecule has 1 aromatic carbocycles. The number of nitrogens with zero attached hydrogens (tertiary/aromatic N) is 3. The maximum absolute atomic E-state index is 12.8. The summed E-state index contributed by atoms with van der Waals surface area (Å²) >= 11 is 0. The zero-order valence-electron chi connectivity index (χ0n) is 11.9. The standard InChI is InChI=1S/C16H19N3O/c1-3-10-18-15(8-9-17-18)16(20)19-12(2)11-13-6-4-5-7-14(13)19/h4-9,12H,3,10-11H2,1-2H3/t12-/m1/s1. The lowest BCUT2D eigenvalue weighted by Gasteiger charge is -2.23. The van der Waals surface area contributed by atoms with Crippen LogP contribution in [0, 0.1) is 0 Å². The van der Waals surface area contributed by atoms with Crippen LogP contribution in [0.25, 0.3) is 0 Å². The van der Waals surface area contributed by atoms with Gasteiger partial charge in [0.05, 0.1) is 0 Å². The minimum atomic E-state index is 0.0494. The van der Waals surface area contributed by atoms with Crippen molar-refractivity contribution in [3.05, 3.63) is 47.8 Å². The van der Waals surface area contributed by atoms with Crippen LogP contribution in [-0.2, 0) is 13.0 Å². The Bertz CT molecular complexity index is 632. The Morgan fingerprint density at radius 3 is 2.95 bits per heavy atom. The van der Waals surface area contributed by atoms with E-state index in [2.05, 4.69) is 25.0 Å². The van der Waals surface area contributed by atoms with Crippen molar-refractivity contribution in [2.75, 3.05) is 4.90 Å². The number of aryl methyl sites for hydroxylation is 1. The van der Waals surface area contributed by atoms with Gasteiger partial charge in [-0.1, -0.05) is 25.1 Å². The molecule has 3 rings (SSSR count). The van der Waals surface area contributed by atoms with Crippen molar-refractivity contribution in [2.24, 2.45) is 0 Å². The summed E-state index contributed by atoms with van der Waals surface area (Å²) < 4.78 is 1.80. The number of carbonyl (C=O) groups is 1. The molecule has 0 N–H and O–H groups in total. The Labute approximate surface area is 119 Å². The van der Waals surface area contributed by atoms with Crippen LogP contribution < -0.4 is 4.90 Å². The van der Waals surface area contributed by atoms with Crippen LogP contribution in [-0.4, -0.2) is 21.7 Å². The number of hydrogen-bond donors (Lipinski definition) is 0. The summed E-state index contributed by atoms with van der Waals surface area (Å²) in [6.07, 6.45) is 3.59. The van der Waals surface area contributed by atoms with Crippen molar-refractivity contribution in [3.63, 3.8) is 0 Å². The molecule has 2 heterocycles. The number of para-hydroxylation sites is 1. The smallest absolute Gasteiger partial charge is 0.276 e. The average Bonchev–Trinajstić information content (AvgIpc) is 3.02. The fourth-order valence-corrected chi connectivity index (χ4v) is 2.90. The van der Waals surface area contributed by atoms with E-state index < -0.39 is 0 Å². The molecule has 0 saturated heterocycles. The molecule has 1 atom stereocenters. The van der Waals surface area contributed by atoms with Gasteiger partial charge in [-0.3, -0.25) is 9.48 Å². The molecule has 20 heavy (non-hydrogen) atoms. The van der Waals surface area contributed by atoms with Gasteiger partial charge in [-0.05, 0) is 37.5 Å². The monoisotopic (exact) mass is 269 g/mol. The Morgan fingerprint density at radius 2 is 2.15 bits per heavy atom. The van der Waals surface area contributed by atoms with E-state index in [0.717, 1.165) is 25.1 Å². The molecular formula is C16H19N3O. The predicted octanol–water partition coefficient (Wildman–Crippen LogP) is 2.88. The Morgan fingerprint density at radius 1 is 1.35 bits per heavy atom. The summed E-state index contributed by atoms with van der Waals surface area (Å²) in [5, 5.41) is 4.25. The fraction of sp³-hybridized carbons (Fsp3) is 0.375. The van der Waals surface area contributed by atoms with E-state index in [1.54, 1.807) is 10.9 Å². The molecule has 1 aliphatic rings. The van der Waals surface area contributed by atoms with Gasteiger partial charge < -0.3 is 4.90 Å². The summed E-state index contributed by atoms with van der Waals surface area (Å²) in [6.45, 7) is 4.96. The molecule has 0 unspecified atom stereocenters. The third-order valence-electron chi connectivity index (χ3n) is 3.80. The highest BCUT2D eigenvalue weighted by Gasteiger charge is 2.32. The van der Waals surface area contributed by atoms with Gasteiger partial charge in [0, 0.05) is 24.5 Å². The molecule has 0 spiro atoms. The van der Waals surface area contributed by atoms with Gasteiger partial charge in [0.1, 0.15) is 5.69 Å². The topological polar surface area (TPSA) is 38.1 Å². The minimum Gasteiger partial charge on any atom is -0.304 e. The van der Waals surface area contributed by atoms with E-state index in [1.165, 1.54) is 5.56 Å². The highest BCUT2D eigenvalue weighted by Crippen LogP contribution is 2.32. The zero-order valence-corrected chi connectivity index (χ0v) is 11.9. The summed E-state index contributed by atoms with van der Waals surface area (Å²) in [6, 6.07) is 10.2. The Hall–Kier alpha value is -2.10. The summed E-state index contributed by atoms with van der Waals surface area (Å²) in [7, 11) is 0. The lowest BCUT2D eigenvalue weighted by molar-refractivity contribution is 0.0971. The molecule has 0 bridgehead atoms. The molecule has 1 amide bonds. The lowest BCUT2D eigenvalue weighted by atomic mass is 10.1. The van der Waals surface area contributed by atoms with E-state index in [-0.39, 0.29) is 11.9 Å². The molecule has 0 fully saturated rings. The normalized spacial score (nSPS) is 17.3. The Kier molecular flexibility index (Phi) is 3.30. The van der Waals surface area contributed by atoms with Crippen LogP contribution >= 0.6 is 0 Å². The first-order chi connectivity index (χ1) is 9.72. The molecule has 0 radical (unpaired) electrons. The molecular weight excluding hydrogens is 250 g/mol. The number of anilines is 1. The van der Waals surface area contributed by atoms with Crippen LogP contribution in [0.3, 0.4) is 0 Å². The summed E-state index contributed by atoms with van der Waals surface area (Å²) in [5.41, 5.74) is 2.96. The van der Waals surface area contributed by atoms with Gasteiger partial charge in [-0.2, -0.15) is 5.10 Å². The summed E-state index contributed by atoms with van der Waals surface area (Å²) in [4.78, 5) is 14.7. The van der Waals surface area contributed by atoms with Crippen molar-refractivity contribution >= 4 is 11.6 Å². The van der Waals surface area contributed by atoms with Crippen LogP contribution in [0.5, 0.6) is 0 Å². The predicted molar refractivity (Wildman–Crippen MR) is 78.9 cm³/mol. The van der Waals surface area contributed by atoms with E-state index in [4.69, 9.17) is 0 Å². The van der Waals surface area contributed by atoms with Gasteiger partial charge in [0.2, 0.25) is 0 Å². The number of amides is 1. The van der Waals surface area contributed by atoms with Crippen LogP contribution in [0.4, 0.5) is 5.69 Å². The highest BCUT2D eigenvalue weighted by atomic mass is 16.2. The molecule has 1 aromatic heterocycles. The number of fused-ring (bicyclic) bond motifs is 1. The van der Waals surface area contributed by atoms with Crippen molar-refractivity contribution < 1.29 is 4.79 Å². The van der Waals surface area contributed by atoms with Crippen molar-refractivity contribution in [1.29, 1.82) is 0 Å². The van der Waals surface area contributed by atoms with Gasteiger partial charge in [-0.25, -0.2) is 0 Å². The number of aromatic nitrogens is 2. The van der Waals surface area contributed by atoms with Crippen molar-refractivity contribution in [1.82, 2.24) is 9.78 Å². The second kappa shape index (κ2) is 5.12. The van der Waals surface area contributed by atoms with Gasteiger partial charge in [0.25, 0.3) is 5.91 Å². The fourth-order valence-electron chi connectivity index (χ4n) is 2.90. The first-order valence-electron chi connectivity index (χ1n) is 7.15. The van der Waals surface area contributed by atoms with E-state index >= 15 is 0 Å². The molecule has 1 aliphatic heterocycles. The first kappa shape index (κ1) is 12.9. The molecule has 4 nitrogen and oxygen atoms in total. The lowest BCUT2D eigenvalue weighted by Crippen LogP contribution is -2.37. The molecule has 104 valence electrons. The highest BCUT2D eigenvalue weighted by molar-refractivity contribution is 6.06. The second-order valence-corrected chi connectivity index (χ2v) is 5.30. The molecule has 0 aliphatic carbocycles. The van der Waals surface area contributed by atoms with E-state index in [9.17, 15) is 4.79 Å². The maximum Gasteiger partial charge on any atom is 0.276 e. The van der Waals surface area contributed by atoms with Crippen LogP contribution in [0.15, 0.2) is 36.5 Å². The third kappa shape index (κ3) is 2.01. The van der Waals surface area contributed by atoms with Gasteiger partial charge in [0.15, 0.2) is 0 Å². The van der Waals surface area contributed by atoms with E-state index in [0.29, 0.717) is 5.69 Å². The largest absolute Gasteiger partial charge is 0.304 e. The number of benzene rings is 1. The minimum absolute atomic E-state index is 0.0494. The number of hydrogen-bond acceptors (Lipinski definition) is 2. The van der Waals surface area contributed by atoms with Crippen molar-refractivity contribution in [2.45, 2.75) is 39.3 Å². The number of carbonyl (C=O) groups excluding carboxylic acids is 1. The molecule has 0 saturated carbocycles. The maximum atomic E-state index is 12.8. The molecule has 4 heteroatoms. The third-order valence-corrected chi connectivity index (χ3v) is 3.80. The zero-order chi connectivity index (χ0) is 14.1. The van der Waals surface area contributed by atoms with Crippen LogP contribution in [0.2, 0.25) is 0 Å². The average molecular weight is 269 g/mol. The SMILES string of the molecule is CCCn1nccc1C(=O)N1c2ccccc2C[C@H]1C.